The molecule has 2 saturated carbocycles. The van der Waals surface area contributed by atoms with Gasteiger partial charge in [0.05, 0.1) is 6.10 Å². The molecule has 0 N–H and O–H groups in total. The fourth-order valence-electron chi connectivity index (χ4n) is 10.4. The number of hydrogen-bond acceptors (Lipinski definition) is 1. The fourth-order valence-corrected chi connectivity index (χ4v) is 11.9. The summed E-state index contributed by atoms with van der Waals surface area (Å²) >= 11 is 0. The van der Waals surface area contributed by atoms with E-state index in [9.17, 15) is 0 Å². The van der Waals surface area contributed by atoms with E-state index >= 15 is 0 Å². The van der Waals surface area contributed by atoms with Gasteiger partial charge in [0.25, 0.3) is 0 Å². The quantitative estimate of drug-likeness (QED) is 0.326. The van der Waals surface area contributed by atoms with Crippen LogP contribution in [-0.4, -0.2) is 14.4 Å². The first-order valence-corrected chi connectivity index (χ1v) is 18.8. The largest absolute Gasteiger partial charge is 0.413 e. The second kappa shape index (κ2) is 8.34. The van der Waals surface area contributed by atoms with Crippen molar-refractivity contribution in [2.75, 3.05) is 0 Å². The number of hydrogen-bond donors (Lipinski definition) is 0. The summed E-state index contributed by atoms with van der Waals surface area (Å²) in [5.41, 5.74) is 7.31. The second-order valence-electron chi connectivity index (χ2n) is 17.9. The van der Waals surface area contributed by atoms with Gasteiger partial charge in [-0.1, -0.05) is 80.9 Å². The minimum atomic E-state index is -1.79. The van der Waals surface area contributed by atoms with Gasteiger partial charge in [0.1, 0.15) is 0 Å². The lowest BCUT2D eigenvalue weighted by atomic mass is 9.35. The zero-order valence-corrected chi connectivity index (χ0v) is 27.8. The molecule has 210 valence electrons. The fraction of sp³-hybridized carbons (Fsp3) is 0.886. The monoisotopic (exact) mass is 524 g/mol. The first-order chi connectivity index (χ1) is 16.8. The molecule has 0 aromatic carbocycles. The van der Waals surface area contributed by atoms with Crippen molar-refractivity contribution in [3.05, 3.63) is 22.8 Å². The highest BCUT2D eigenvalue weighted by molar-refractivity contribution is 6.74. The van der Waals surface area contributed by atoms with E-state index in [-0.39, 0.29) is 10.5 Å². The normalized spacial score (nSPS) is 43.2. The van der Waals surface area contributed by atoms with Crippen molar-refractivity contribution in [3.63, 3.8) is 0 Å². The molecule has 2 fully saturated rings. The van der Waals surface area contributed by atoms with Crippen LogP contribution in [-0.2, 0) is 4.43 Å². The molecule has 2 heteroatoms. The van der Waals surface area contributed by atoms with E-state index < -0.39 is 8.32 Å². The topological polar surface area (TPSA) is 9.23 Å². The molecule has 37 heavy (non-hydrogen) atoms. The summed E-state index contributed by atoms with van der Waals surface area (Å²) in [6, 6.07) is 0. The first-order valence-electron chi connectivity index (χ1n) is 15.9. The molecule has 0 unspecified atom stereocenters. The van der Waals surface area contributed by atoms with Crippen LogP contribution in [0.4, 0.5) is 0 Å². The van der Waals surface area contributed by atoms with E-state index in [0.29, 0.717) is 27.8 Å². The number of allylic oxidation sites excluding steroid dienone is 4. The lowest BCUT2D eigenvalue weighted by Gasteiger charge is -2.70. The van der Waals surface area contributed by atoms with Crippen molar-refractivity contribution in [2.45, 2.75) is 158 Å². The maximum Gasteiger partial charge on any atom is 0.192 e. The van der Waals surface area contributed by atoms with E-state index in [2.05, 4.69) is 88.4 Å². The third-order valence-corrected chi connectivity index (χ3v) is 18.6. The van der Waals surface area contributed by atoms with Crippen molar-refractivity contribution < 1.29 is 4.43 Å². The van der Waals surface area contributed by atoms with Crippen LogP contribution in [0.3, 0.4) is 0 Å². The molecule has 0 amide bonds. The summed E-state index contributed by atoms with van der Waals surface area (Å²) in [5.74, 6) is 1.55. The standard InChI is InChI=1S/C35H60OSi/c1-30(2,3)37(11,12)36-29-18-20-33(8)27(32(29,6)7)17-22-35(10)28(33)14-13-26-25-23-31(4,5)19-15-24(25)16-21-34(26,35)9/h13,27-29H,14-23H2,1-12H3/t27-,28+,29-,33-,34+,35+/m0/s1. The minimum Gasteiger partial charge on any atom is -0.413 e. The summed E-state index contributed by atoms with van der Waals surface area (Å²) in [4.78, 5) is 0. The van der Waals surface area contributed by atoms with Crippen molar-refractivity contribution in [1.29, 1.82) is 0 Å². The molecule has 0 bridgehead atoms. The Labute approximate surface area is 231 Å². The Hall–Kier alpha value is -0.343. The Morgan fingerprint density at radius 1 is 0.838 bits per heavy atom. The Morgan fingerprint density at radius 2 is 1.49 bits per heavy atom. The Morgan fingerprint density at radius 3 is 2.14 bits per heavy atom. The van der Waals surface area contributed by atoms with E-state index in [0.717, 1.165) is 11.8 Å². The van der Waals surface area contributed by atoms with Crippen LogP contribution < -0.4 is 0 Å². The van der Waals surface area contributed by atoms with E-state index in [1.165, 1.54) is 64.2 Å². The molecule has 5 rings (SSSR count). The lowest BCUT2D eigenvalue weighted by Crippen LogP contribution is -2.64. The molecule has 0 aromatic rings. The van der Waals surface area contributed by atoms with Gasteiger partial charge >= 0.3 is 0 Å². The van der Waals surface area contributed by atoms with Gasteiger partial charge < -0.3 is 4.43 Å². The highest BCUT2D eigenvalue weighted by Gasteiger charge is 2.66. The van der Waals surface area contributed by atoms with Crippen molar-refractivity contribution in [1.82, 2.24) is 0 Å². The van der Waals surface area contributed by atoms with Crippen LogP contribution in [0.5, 0.6) is 0 Å². The van der Waals surface area contributed by atoms with Gasteiger partial charge in [-0.15, -0.1) is 0 Å². The summed E-state index contributed by atoms with van der Waals surface area (Å²) in [5, 5.41) is 0.274. The van der Waals surface area contributed by atoms with E-state index in [4.69, 9.17) is 4.43 Å². The second-order valence-corrected chi connectivity index (χ2v) is 22.7. The third-order valence-electron chi connectivity index (χ3n) is 14.1. The number of rotatable bonds is 2. The molecule has 5 aliphatic rings. The van der Waals surface area contributed by atoms with Crippen molar-refractivity contribution in [3.8, 4) is 0 Å². The van der Waals surface area contributed by atoms with Crippen LogP contribution in [0, 0.1) is 38.9 Å². The molecule has 0 spiro atoms. The highest BCUT2D eigenvalue weighted by Crippen LogP contribution is 2.74. The lowest BCUT2D eigenvalue weighted by molar-refractivity contribution is -0.192. The third kappa shape index (κ3) is 3.99. The zero-order valence-electron chi connectivity index (χ0n) is 26.8. The van der Waals surface area contributed by atoms with Crippen LogP contribution in [0.2, 0.25) is 18.1 Å². The maximum atomic E-state index is 7.22. The van der Waals surface area contributed by atoms with Gasteiger partial charge in [-0.05, 0) is 132 Å². The Bertz CT molecular complexity index is 1000. The molecular weight excluding hydrogens is 464 g/mol. The van der Waals surface area contributed by atoms with Gasteiger partial charge in [-0.2, -0.15) is 0 Å². The van der Waals surface area contributed by atoms with Crippen LogP contribution in [0.25, 0.3) is 0 Å². The van der Waals surface area contributed by atoms with E-state index in [1.54, 1.807) is 5.57 Å². The summed E-state index contributed by atoms with van der Waals surface area (Å²) < 4.78 is 7.22. The first kappa shape index (κ1) is 28.2. The van der Waals surface area contributed by atoms with Gasteiger partial charge in [0.2, 0.25) is 0 Å². The van der Waals surface area contributed by atoms with Crippen molar-refractivity contribution in [2.24, 2.45) is 38.9 Å². The number of fused-ring (bicyclic) bond motifs is 6. The highest BCUT2D eigenvalue weighted by atomic mass is 28.4. The molecule has 6 atom stereocenters. The molecule has 0 radical (unpaired) electrons. The average Bonchev–Trinajstić information content (AvgIpc) is 2.75. The summed E-state index contributed by atoms with van der Waals surface area (Å²) in [6.45, 7) is 30.5. The molecule has 1 nitrogen and oxygen atoms in total. The van der Waals surface area contributed by atoms with Crippen LogP contribution >= 0.6 is 0 Å². The molecule has 0 saturated heterocycles. The molecule has 0 heterocycles. The maximum absolute atomic E-state index is 7.22. The zero-order chi connectivity index (χ0) is 27.4. The smallest absolute Gasteiger partial charge is 0.192 e. The minimum absolute atomic E-state index is 0.240. The molecule has 5 aliphatic carbocycles. The molecule has 0 aromatic heterocycles. The Kier molecular flexibility index (Phi) is 6.36. The molecule has 0 aliphatic heterocycles. The van der Waals surface area contributed by atoms with Gasteiger partial charge in [-0.25, -0.2) is 0 Å². The van der Waals surface area contributed by atoms with Gasteiger partial charge in [0.15, 0.2) is 8.32 Å². The summed E-state index contributed by atoms with van der Waals surface area (Å²) in [7, 11) is -1.79. The predicted octanol–water partition coefficient (Wildman–Crippen LogP) is 10.9. The van der Waals surface area contributed by atoms with E-state index in [1.807, 2.05) is 11.1 Å². The SMILES string of the molecule is CC1(C)CCC2=C(C1)C1=CC[C@@H]3[C@@]4(C)CC[C@H](O[Si](C)(C)C(C)(C)C)C(C)(C)[C@@H]4CC[C@@]3(C)[C@]1(C)CC2. The Balaban J connectivity index is 1.48. The average molecular weight is 525 g/mol. The van der Waals surface area contributed by atoms with Gasteiger partial charge in [-0.3, -0.25) is 0 Å². The summed E-state index contributed by atoms with van der Waals surface area (Å²) in [6.07, 6.45) is 16.6. The molecular formula is C35H60OSi. The predicted molar refractivity (Wildman–Crippen MR) is 162 cm³/mol. The van der Waals surface area contributed by atoms with Crippen molar-refractivity contribution >= 4 is 8.32 Å². The van der Waals surface area contributed by atoms with Gasteiger partial charge in [0, 0.05) is 0 Å². The van der Waals surface area contributed by atoms with Crippen LogP contribution in [0.15, 0.2) is 22.8 Å². The van der Waals surface area contributed by atoms with Crippen LogP contribution in [0.1, 0.15) is 133 Å².